The SMILES string of the molecule is CCOC(=O)c1cc(C(=O)c2ccc(Br)cc2)n2ccc(-c3ccn4c(C(=O)c5ccc(Br)cc5)cc(C(=O)OCC)c4c3)cc12. The van der Waals surface area contributed by atoms with Crippen LogP contribution < -0.4 is 0 Å². The van der Waals surface area contributed by atoms with E-state index < -0.39 is 11.9 Å². The quantitative estimate of drug-likeness (QED) is 0.110. The van der Waals surface area contributed by atoms with E-state index in [1.54, 1.807) is 108 Å². The number of carbonyl (C=O) groups excluding carboxylic acids is 4. The normalized spacial score (nSPS) is 11.1. The molecule has 0 amide bonds. The molecule has 0 aliphatic rings. The standard InChI is InChI=1S/C36H26Br2N2O6/c1-3-45-35(43)27-19-31(33(41)21-5-9-25(37)10-6-21)39-15-13-23(17-29(27)39)24-14-16-40-30(18-24)28(36(44)46-4-2)20-32(40)34(42)22-7-11-26(38)12-8-22/h5-20H,3-4H2,1-2H3. The summed E-state index contributed by atoms with van der Waals surface area (Å²) in [7, 11) is 0. The molecule has 0 unspecified atom stereocenters. The highest BCUT2D eigenvalue weighted by atomic mass is 79.9. The molecule has 0 radical (unpaired) electrons. The molecule has 0 aliphatic heterocycles. The molecule has 0 spiro atoms. The number of hydrogen-bond acceptors (Lipinski definition) is 6. The van der Waals surface area contributed by atoms with Crippen molar-refractivity contribution < 1.29 is 28.7 Å². The van der Waals surface area contributed by atoms with Crippen LogP contribution in [0.5, 0.6) is 0 Å². The van der Waals surface area contributed by atoms with Crippen molar-refractivity contribution in [2.24, 2.45) is 0 Å². The van der Waals surface area contributed by atoms with Gasteiger partial charge in [0.15, 0.2) is 0 Å². The fourth-order valence-electron chi connectivity index (χ4n) is 5.35. The number of aromatic nitrogens is 2. The van der Waals surface area contributed by atoms with Gasteiger partial charge in [-0.1, -0.05) is 31.9 Å². The third-order valence-corrected chi connectivity index (χ3v) is 8.60. The largest absolute Gasteiger partial charge is 0.462 e. The number of pyridine rings is 2. The number of nitrogens with zero attached hydrogens (tertiary/aromatic N) is 2. The Balaban J connectivity index is 1.48. The van der Waals surface area contributed by atoms with Crippen LogP contribution in [0.15, 0.2) is 106 Å². The molecule has 4 aromatic heterocycles. The average Bonchev–Trinajstić information content (AvgIpc) is 3.64. The maximum Gasteiger partial charge on any atom is 0.340 e. The van der Waals surface area contributed by atoms with E-state index in [1.165, 1.54) is 0 Å². The maximum atomic E-state index is 13.5. The van der Waals surface area contributed by atoms with Gasteiger partial charge >= 0.3 is 11.9 Å². The molecule has 4 heterocycles. The molecule has 0 fully saturated rings. The van der Waals surface area contributed by atoms with Gasteiger partial charge in [0, 0.05) is 32.5 Å². The van der Waals surface area contributed by atoms with E-state index in [-0.39, 0.29) is 35.9 Å². The van der Waals surface area contributed by atoms with E-state index >= 15 is 0 Å². The van der Waals surface area contributed by atoms with Crippen LogP contribution in [0.4, 0.5) is 0 Å². The second-order valence-corrected chi connectivity index (χ2v) is 12.2. The van der Waals surface area contributed by atoms with Crippen molar-refractivity contribution in [2.45, 2.75) is 13.8 Å². The summed E-state index contributed by atoms with van der Waals surface area (Å²) < 4.78 is 15.7. The topological polar surface area (TPSA) is 95.6 Å². The first-order valence-corrected chi connectivity index (χ1v) is 16.0. The van der Waals surface area contributed by atoms with Gasteiger partial charge in [-0.05, 0) is 110 Å². The lowest BCUT2D eigenvalue weighted by atomic mass is 10.1. The Kier molecular flexibility index (Phi) is 8.75. The molecule has 0 aliphatic carbocycles. The molecular weight excluding hydrogens is 716 g/mol. The molecule has 2 aromatic carbocycles. The van der Waals surface area contributed by atoms with Crippen molar-refractivity contribution in [1.29, 1.82) is 0 Å². The first kappa shape index (κ1) is 31.2. The summed E-state index contributed by atoms with van der Waals surface area (Å²) in [5.74, 6) is -1.59. The fourth-order valence-corrected chi connectivity index (χ4v) is 5.88. The Labute approximate surface area is 280 Å². The van der Waals surface area contributed by atoms with Crippen molar-refractivity contribution in [2.75, 3.05) is 13.2 Å². The summed E-state index contributed by atoms with van der Waals surface area (Å²) in [5, 5.41) is 0. The summed E-state index contributed by atoms with van der Waals surface area (Å²) in [6.45, 7) is 3.79. The third kappa shape index (κ3) is 5.81. The molecular formula is C36H26Br2N2O6. The Morgan fingerprint density at radius 2 is 0.935 bits per heavy atom. The number of halogens is 2. The van der Waals surface area contributed by atoms with Gasteiger partial charge in [-0.25, -0.2) is 9.59 Å². The smallest absolute Gasteiger partial charge is 0.340 e. The zero-order valence-electron chi connectivity index (χ0n) is 24.8. The van der Waals surface area contributed by atoms with E-state index in [9.17, 15) is 19.2 Å². The van der Waals surface area contributed by atoms with E-state index in [2.05, 4.69) is 31.9 Å². The Bertz CT molecular complexity index is 2010. The van der Waals surface area contributed by atoms with Crippen molar-refractivity contribution in [3.8, 4) is 11.1 Å². The number of ether oxygens (including phenoxy) is 2. The predicted molar refractivity (Wildman–Crippen MR) is 181 cm³/mol. The summed E-state index contributed by atoms with van der Waals surface area (Å²) in [6.07, 6.45) is 3.47. The number of rotatable bonds is 9. The highest BCUT2D eigenvalue weighted by molar-refractivity contribution is 9.10. The monoisotopic (exact) mass is 740 g/mol. The number of hydrogen-bond donors (Lipinski definition) is 0. The van der Waals surface area contributed by atoms with Gasteiger partial charge in [-0.3, -0.25) is 9.59 Å². The van der Waals surface area contributed by atoms with Crippen LogP contribution in [-0.2, 0) is 9.47 Å². The van der Waals surface area contributed by atoms with Crippen LogP contribution in [-0.4, -0.2) is 45.5 Å². The highest BCUT2D eigenvalue weighted by Gasteiger charge is 2.24. The molecule has 0 saturated heterocycles. The minimum Gasteiger partial charge on any atom is -0.462 e. The number of fused-ring (bicyclic) bond motifs is 2. The molecule has 0 bridgehead atoms. The minimum absolute atomic E-state index is 0.175. The second kappa shape index (κ2) is 12.9. The average molecular weight is 742 g/mol. The number of benzene rings is 2. The molecule has 10 heteroatoms. The van der Waals surface area contributed by atoms with Gasteiger partial charge in [0.1, 0.15) is 0 Å². The maximum absolute atomic E-state index is 13.5. The van der Waals surface area contributed by atoms with Gasteiger partial charge in [-0.2, -0.15) is 0 Å². The van der Waals surface area contributed by atoms with Crippen LogP contribution in [0.25, 0.3) is 22.2 Å². The van der Waals surface area contributed by atoms with E-state index in [1.807, 2.05) is 12.1 Å². The number of carbonyl (C=O) groups is 4. The summed E-state index contributed by atoms with van der Waals surface area (Å²) >= 11 is 6.79. The van der Waals surface area contributed by atoms with Crippen LogP contribution >= 0.6 is 31.9 Å². The Hall–Kier alpha value is -4.80. The number of esters is 2. The zero-order valence-corrected chi connectivity index (χ0v) is 27.9. The molecule has 46 heavy (non-hydrogen) atoms. The van der Waals surface area contributed by atoms with Gasteiger partial charge in [-0.15, -0.1) is 0 Å². The predicted octanol–water partition coefficient (Wildman–Crippen LogP) is 8.20. The van der Waals surface area contributed by atoms with Crippen LogP contribution in [0.2, 0.25) is 0 Å². The lowest BCUT2D eigenvalue weighted by Gasteiger charge is -2.09. The Morgan fingerprint density at radius 1 is 0.565 bits per heavy atom. The van der Waals surface area contributed by atoms with Crippen molar-refractivity contribution in [3.63, 3.8) is 0 Å². The van der Waals surface area contributed by atoms with Gasteiger partial charge in [0.2, 0.25) is 11.6 Å². The first-order chi connectivity index (χ1) is 22.2. The highest BCUT2D eigenvalue weighted by Crippen LogP contribution is 2.30. The molecule has 6 aromatic rings. The van der Waals surface area contributed by atoms with Gasteiger partial charge < -0.3 is 18.3 Å². The minimum atomic E-state index is -0.547. The molecule has 0 N–H and O–H groups in total. The van der Waals surface area contributed by atoms with E-state index in [4.69, 9.17) is 9.47 Å². The van der Waals surface area contributed by atoms with Crippen molar-refractivity contribution in [3.05, 3.63) is 140 Å². The van der Waals surface area contributed by atoms with E-state index in [0.29, 0.717) is 33.5 Å². The van der Waals surface area contributed by atoms with Crippen LogP contribution in [0.1, 0.15) is 66.7 Å². The summed E-state index contributed by atoms with van der Waals surface area (Å²) in [4.78, 5) is 53.1. The van der Waals surface area contributed by atoms with Crippen LogP contribution in [0.3, 0.4) is 0 Å². The second-order valence-electron chi connectivity index (χ2n) is 10.3. The fraction of sp³-hybridized carbons (Fsp3) is 0.111. The molecule has 6 rings (SSSR count). The summed E-state index contributed by atoms with van der Waals surface area (Å²) in [5.41, 5.74) is 4.50. The molecule has 0 saturated carbocycles. The molecule has 230 valence electrons. The first-order valence-electron chi connectivity index (χ1n) is 14.5. The Morgan fingerprint density at radius 3 is 1.28 bits per heavy atom. The molecule has 8 nitrogen and oxygen atoms in total. The molecule has 0 atom stereocenters. The lowest BCUT2D eigenvalue weighted by molar-refractivity contribution is 0.0519. The van der Waals surface area contributed by atoms with Crippen molar-refractivity contribution >= 4 is 66.4 Å². The van der Waals surface area contributed by atoms with Crippen molar-refractivity contribution in [1.82, 2.24) is 8.80 Å². The van der Waals surface area contributed by atoms with Gasteiger partial charge in [0.05, 0.1) is 46.8 Å². The zero-order chi connectivity index (χ0) is 32.5. The van der Waals surface area contributed by atoms with E-state index in [0.717, 1.165) is 20.1 Å². The summed E-state index contributed by atoms with van der Waals surface area (Å²) in [6, 6.07) is 24.4. The van der Waals surface area contributed by atoms with Crippen LogP contribution in [0, 0.1) is 0 Å². The lowest BCUT2D eigenvalue weighted by Crippen LogP contribution is -2.05. The number of ketones is 2. The van der Waals surface area contributed by atoms with Gasteiger partial charge in [0.25, 0.3) is 0 Å². The third-order valence-electron chi connectivity index (χ3n) is 7.55.